The largest absolute Gasteiger partial charge is 0.319 e. The smallest absolute Gasteiger partial charge is 0.250 e. The summed E-state index contributed by atoms with van der Waals surface area (Å²) >= 11 is 0. The van der Waals surface area contributed by atoms with Crippen LogP contribution in [0.25, 0.3) is 5.57 Å². The van der Waals surface area contributed by atoms with Gasteiger partial charge in [0, 0.05) is 19.3 Å². The van der Waals surface area contributed by atoms with E-state index in [0.29, 0.717) is 0 Å². The zero-order valence-corrected chi connectivity index (χ0v) is 9.03. The second-order valence-corrected chi connectivity index (χ2v) is 3.91. The molecule has 15 heavy (non-hydrogen) atoms. The van der Waals surface area contributed by atoms with E-state index in [1.54, 1.807) is 23.9 Å². The summed E-state index contributed by atoms with van der Waals surface area (Å²) < 4.78 is 1.58. The van der Waals surface area contributed by atoms with Gasteiger partial charge in [-0.15, -0.1) is 0 Å². The first-order valence-electron chi connectivity index (χ1n) is 5.04. The Balaban J connectivity index is 2.35. The van der Waals surface area contributed by atoms with Gasteiger partial charge < -0.3 is 9.47 Å². The summed E-state index contributed by atoms with van der Waals surface area (Å²) in [5.74, 6) is 0. The van der Waals surface area contributed by atoms with E-state index in [2.05, 4.69) is 25.4 Å². The Morgan fingerprint density at radius 1 is 1.47 bits per heavy atom. The van der Waals surface area contributed by atoms with Gasteiger partial charge in [-0.05, 0) is 29.4 Å². The molecule has 0 amide bonds. The maximum Gasteiger partial charge on any atom is 0.250 e. The molecule has 1 aliphatic heterocycles. The lowest BCUT2D eigenvalue weighted by atomic mass is 10.1. The van der Waals surface area contributed by atoms with Crippen molar-refractivity contribution in [1.82, 2.24) is 4.57 Å². The van der Waals surface area contributed by atoms with Gasteiger partial charge in [0.15, 0.2) is 0 Å². The summed E-state index contributed by atoms with van der Waals surface area (Å²) in [4.78, 5) is 12.8. The summed E-state index contributed by atoms with van der Waals surface area (Å²) in [6.07, 6.45) is 8.13. The standard InChI is InChI=1S/C12H14N2O/c1-13-6-3-10(4-7-13)11-5-8-14(2)12(15)9-11/h3-6,8-9H,7H2,1-2H3/p+1. The van der Waals surface area contributed by atoms with Crippen LogP contribution >= 0.6 is 0 Å². The van der Waals surface area contributed by atoms with Crippen LogP contribution in [0.3, 0.4) is 0 Å². The van der Waals surface area contributed by atoms with Gasteiger partial charge in [-0.3, -0.25) is 4.79 Å². The van der Waals surface area contributed by atoms with E-state index in [9.17, 15) is 4.79 Å². The average molecular weight is 203 g/mol. The van der Waals surface area contributed by atoms with E-state index in [1.165, 1.54) is 4.90 Å². The summed E-state index contributed by atoms with van der Waals surface area (Å²) in [6.45, 7) is 0.973. The second-order valence-electron chi connectivity index (χ2n) is 3.91. The number of rotatable bonds is 1. The molecule has 0 fully saturated rings. The minimum absolute atomic E-state index is 0.0353. The van der Waals surface area contributed by atoms with Crippen LogP contribution in [0.2, 0.25) is 0 Å². The molecule has 0 saturated heterocycles. The molecule has 0 aliphatic carbocycles. The summed E-state index contributed by atoms with van der Waals surface area (Å²) in [7, 11) is 3.86. The Morgan fingerprint density at radius 3 is 2.87 bits per heavy atom. The van der Waals surface area contributed by atoms with Gasteiger partial charge in [-0.25, -0.2) is 0 Å². The van der Waals surface area contributed by atoms with Gasteiger partial charge >= 0.3 is 0 Å². The lowest BCUT2D eigenvalue weighted by molar-refractivity contribution is -0.818. The van der Waals surface area contributed by atoms with Gasteiger partial charge in [0.2, 0.25) is 0 Å². The topological polar surface area (TPSA) is 26.4 Å². The van der Waals surface area contributed by atoms with Crippen molar-refractivity contribution in [3.05, 3.63) is 52.6 Å². The van der Waals surface area contributed by atoms with Crippen molar-refractivity contribution in [2.45, 2.75) is 0 Å². The monoisotopic (exact) mass is 203 g/mol. The molecule has 0 radical (unpaired) electrons. The quantitative estimate of drug-likeness (QED) is 0.673. The predicted octanol–water partition coefficient (Wildman–Crippen LogP) is -0.189. The van der Waals surface area contributed by atoms with Crippen LogP contribution in [0.5, 0.6) is 0 Å². The molecular weight excluding hydrogens is 188 g/mol. The molecule has 0 aromatic carbocycles. The predicted molar refractivity (Wildman–Crippen MR) is 60.6 cm³/mol. The molecule has 0 spiro atoms. The molecule has 1 aromatic rings. The Labute approximate surface area is 89.0 Å². The highest BCUT2D eigenvalue weighted by Gasteiger charge is 2.06. The van der Waals surface area contributed by atoms with Gasteiger partial charge in [0.05, 0.1) is 13.2 Å². The number of nitrogens with one attached hydrogen (secondary N) is 1. The molecule has 78 valence electrons. The third-order valence-electron chi connectivity index (χ3n) is 2.63. The minimum atomic E-state index is 0.0353. The molecule has 2 heterocycles. The Morgan fingerprint density at radius 2 is 2.27 bits per heavy atom. The van der Waals surface area contributed by atoms with Crippen molar-refractivity contribution in [2.24, 2.45) is 7.05 Å². The molecule has 3 nitrogen and oxygen atoms in total. The van der Waals surface area contributed by atoms with E-state index >= 15 is 0 Å². The number of allylic oxidation sites excluding steroid dienone is 2. The van der Waals surface area contributed by atoms with Crippen LogP contribution in [0.15, 0.2) is 41.5 Å². The van der Waals surface area contributed by atoms with Gasteiger partial charge in [0.1, 0.15) is 6.54 Å². The summed E-state index contributed by atoms with van der Waals surface area (Å²) in [6, 6.07) is 3.65. The maximum absolute atomic E-state index is 11.5. The summed E-state index contributed by atoms with van der Waals surface area (Å²) in [5.41, 5.74) is 2.17. The van der Waals surface area contributed by atoms with E-state index < -0.39 is 0 Å². The zero-order valence-electron chi connectivity index (χ0n) is 9.03. The van der Waals surface area contributed by atoms with Crippen molar-refractivity contribution in [2.75, 3.05) is 13.6 Å². The number of quaternary nitrogens is 1. The van der Waals surface area contributed by atoms with Crippen LogP contribution < -0.4 is 10.5 Å². The lowest BCUT2D eigenvalue weighted by Crippen LogP contribution is -3.04. The number of hydrogen-bond donors (Lipinski definition) is 1. The highest BCUT2D eigenvalue weighted by Crippen LogP contribution is 2.13. The van der Waals surface area contributed by atoms with Crippen LogP contribution in [-0.4, -0.2) is 18.2 Å². The first-order valence-corrected chi connectivity index (χ1v) is 5.04. The highest BCUT2D eigenvalue weighted by molar-refractivity contribution is 5.73. The SMILES string of the molecule is Cn1ccc(C2=CC[NH+](C)C=C2)cc1=O. The number of aromatic nitrogens is 1. The fourth-order valence-corrected chi connectivity index (χ4v) is 1.58. The van der Waals surface area contributed by atoms with Crippen molar-refractivity contribution in [3.63, 3.8) is 0 Å². The van der Waals surface area contributed by atoms with Crippen LogP contribution in [0, 0.1) is 0 Å². The Kier molecular flexibility index (Phi) is 2.56. The molecule has 0 saturated carbocycles. The molecule has 3 heteroatoms. The number of nitrogens with zero attached hydrogens (tertiary/aromatic N) is 1. The fraction of sp³-hybridized carbons (Fsp3) is 0.250. The summed E-state index contributed by atoms with van der Waals surface area (Å²) in [5, 5.41) is 0. The van der Waals surface area contributed by atoms with Crippen molar-refractivity contribution < 1.29 is 4.90 Å². The number of likely N-dealkylation sites (N-methyl/N-ethyl adjacent to an activating group) is 1. The average Bonchev–Trinajstić information content (AvgIpc) is 2.23. The fourth-order valence-electron chi connectivity index (χ4n) is 1.58. The zero-order chi connectivity index (χ0) is 10.8. The molecule has 0 bridgehead atoms. The maximum atomic E-state index is 11.5. The third kappa shape index (κ3) is 2.07. The normalized spacial score (nSPS) is 20.1. The molecule has 1 atom stereocenters. The first kappa shape index (κ1) is 9.93. The van der Waals surface area contributed by atoms with Gasteiger partial charge in [0.25, 0.3) is 5.56 Å². The molecular formula is C12H15N2O+. The molecule has 1 unspecified atom stereocenters. The van der Waals surface area contributed by atoms with Crippen molar-refractivity contribution >= 4 is 5.57 Å². The highest BCUT2D eigenvalue weighted by atomic mass is 16.1. The van der Waals surface area contributed by atoms with E-state index in [4.69, 9.17) is 0 Å². The van der Waals surface area contributed by atoms with Crippen LogP contribution in [-0.2, 0) is 7.05 Å². The van der Waals surface area contributed by atoms with E-state index in [1.807, 2.05) is 6.07 Å². The van der Waals surface area contributed by atoms with E-state index in [-0.39, 0.29) is 5.56 Å². The van der Waals surface area contributed by atoms with Crippen molar-refractivity contribution in [1.29, 1.82) is 0 Å². The molecule has 1 aliphatic rings. The van der Waals surface area contributed by atoms with Crippen LogP contribution in [0.4, 0.5) is 0 Å². The third-order valence-corrected chi connectivity index (χ3v) is 2.63. The molecule has 1 aromatic heterocycles. The number of hydrogen-bond acceptors (Lipinski definition) is 1. The van der Waals surface area contributed by atoms with Gasteiger partial charge in [-0.2, -0.15) is 0 Å². The van der Waals surface area contributed by atoms with Crippen molar-refractivity contribution in [3.8, 4) is 0 Å². The van der Waals surface area contributed by atoms with Crippen LogP contribution in [0.1, 0.15) is 5.56 Å². The van der Waals surface area contributed by atoms with Gasteiger partial charge in [-0.1, -0.05) is 0 Å². The second kappa shape index (κ2) is 3.87. The molecule has 2 rings (SSSR count). The van der Waals surface area contributed by atoms with E-state index in [0.717, 1.165) is 17.7 Å². The number of aryl methyl sites for hydroxylation is 1. The lowest BCUT2D eigenvalue weighted by Gasteiger charge is -2.12. The minimum Gasteiger partial charge on any atom is -0.319 e. The Hall–Kier alpha value is -1.61. The Bertz CT molecular complexity index is 483. The first-order chi connectivity index (χ1) is 7.16. The number of pyridine rings is 1. The molecule has 1 N–H and O–H groups in total.